The van der Waals surface area contributed by atoms with Crippen LogP contribution in [-0.2, 0) is 0 Å². The van der Waals surface area contributed by atoms with Crippen molar-refractivity contribution in [1.82, 2.24) is 5.32 Å². The molecule has 0 bridgehead atoms. The fourth-order valence-corrected chi connectivity index (χ4v) is 1.33. The molecule has 0 aliphatic heterocycles. The van der Waals surface area contributed by atoms with Gasteiger partial charge in [-0.1, -0.05) is 0 Å². The number of nitrogens with two attached hydrogens (primary N) is 1. The summed E-state index contributed by atoms with van der Waals surface area (Å²) in [5, 5.41) is 8.82. The summed E-state index contributed by atoms with van der Waals surface area (Å²) in [6.45, 7) is 3.29. The van der Waals surface area contributed by atoms with Gasteiger partial charge in [0.1, 0.15) is 0 Å². The Labute approximate surface area is 101 Å². The second-order valence-electron chi connectivity index (χ2n) is 3.22. The van der Waals surface area contributed by atoms with Crippen molar-refractivity contribution < 1.29 is 0 Å². The highest BCUT2D eigenvalue weighted by Gasteiger charge is 1.92. The van der Waals surface area contributed by atoms with Crippen molar-refractivity contribution >= 4 is 28.8 Å². The van der Waals surface area contributed by atoms with Gasteiger partial charge < -0.3 is 16.4 Å². The smallest absolute Gasteiger partial charge is 0.0741 e. The van der Waals surface area contributed by atoms with Crippen LogP contribution in [0.1, 0.15) is 0 Å². The third-order valence-corrected chi connectivity index (χ3v) is 2.09. The van der Waals surface area contributed by atoms with Crippen LogP contribution >= 0.6 is 12.2 Å². The summed E-state index contributed by atoms with van der Waals surface area (Å²) in [6, 6.07) is 7.73. The Bertz CT molecular complexity index is 344. The fourth-order valence-electron chi connectivity index (χ4n) is 1.23. The van der Waals surface area contributed by atoms with Crippen LogP contribution in [0.3, 0.4) is 0 Å². The number of hydrogen-bond donors (Lipinski definition) is 3. The molecule has 0 fully saturated rings. The van der Waals surface area contributed by atoms with Gasteiger partial charge in [-0.05, 0) is 36.5 Å². The first-order valence-electron chi connectivity index (χ1n) is 5.19. The van der Waals surface area contributed by atoms with E-state index in [0.29, 0.717) is 6.54 Å². The van der Waals surface area contributed by atoms with Gasteiger partial charge in [0.15, 0.2) is 0 Å². The molecule has 1 aromatic rings. The first-order chi connectivity index (χ1) is 7.86. The second-order valence-corrected chi connectivity index (χ2v) is 3.40. The zero-order valence-corrected chi connectivity index (χ0v) is 9.89. The highest BCUT2D eigenvalue weighted by atomic mass is 32.1. The quantitative estimate of drug-likeness (QED) is 0.380. The maximum atomic E-state index is 5.36. The summed E-state index contributed by atoms with van der Waals surface area (Å²) in [6.07, 6.45) is 0. The lowest BCUT2D eigenvalue weighted by atomic mass is 10.3. The number of nitrogens with zero attached hydrogens (tertiary/aromatic N) is 1. The number of isothiocyanates is 1. The van der Waals surface area contributed by atoms with Crippen molar-refractivity contribution in [1.29, 1.82) is 0 Å². The number of aliphatic imine (C=N–C) groups is 1. The maximum absolute atomic E-state index is 5.36. The molecule has 1 rings (SSSR count). The lowest BCUT2D eigenvalue weighted by Crippen LogP contribution is -2.27. The zero-order valence-electron chi connectivity index (χ0n) is 9.07. The topological polar surface area (TPSA) is 62.4 Å². The van der Waals surface area contributed by atoms with Gasteiger partial charge in [0, 0.05) is 31.9 Å². The van der Waals surface area contributed by atoms with Gasteiger partial charge in [-0.2, -0.15) is 4.99 Å². The first kappa shape index (κ1) is 12.8. The summed E-state index contributed by atoms with van der Waals surface area (Å²) < 4.78 is 0. The predicted octanol–water partition coefficient (Wildman–Crippen LogP) is 1.38. The molecule has 0 amide bonds. The highest BCUT2D eigenvalue weighted by molar-refractivity contribution is 7.78. The summed E-state index contributed by atoms with van der Waals surface area (Å²) >= 11 is 4.53. The molecule has 0 radical (unpaired) electrons. The number of rotatable bonds is 7. The molecule has 4 N–H and O–H groups in total. The number of anilines is 1. The van der Waals surface area contributed by atoms with E-state index < -0.39 is 0 Å². The molecule has 0 aliphatic rings. The lowest BCUT2D eigenvalue weighted by molar-refractivity contribution is 0.707. The molecular weight excluding hydrogens is 220 g/mol. The van der Waals surface area contributed by atoms with E-state index in [1.54, 1.807) is 0 Å². The van der Waals surface area contributed by atoms with Crippen LogP contribution in [0.4, 0.5) is 11.4 Å². The van der Waals surface area contributed by atoms with E-state index >= 15 is 0 Å². The lowest BCUT2D eigenvalue weighted by Gasteiger charge is -2.06. The van der Waals surface area contributed by atoms with Crippen molar-refractivity contribution in [2.75, 3.05) is 31.5 Å². The van der Waals surface area contributed by atoms with E-state index in [-0.39, 0.29) is 0 Å². The molecule has 5 heteroatoms. The van der Waals surface area contributed by atoms with Crippen molar-refractivity contribution in [2.45, 2.75) is 0 Å². The van der Waals surface area contributed by atoms with Crippen molar-refractivity contribution in [2.24, 2.45) is 10.7 Å². The van der Waals surface area contributed by atoms with Gasteiger partial charge in [0.2, 0.25) is 0 Å². The Morgan fingerprint density at radius 2 is 1.94 bits per heavy atom. The summed E-state index contributed by atoms with van der Waals surface area (Å²) in [4.78, 5) is 3.88. The number of nitrogens with one attached hydrogen (secondary N) is 2. The summed E-state index contributed by atoms with van der Waals surface area (Å²) in [5.41, 5.74) is 7.25. The van der Waals surface area contributed by atoms with Crippen LogP contribution < -0.4 is 16.4 Å². The summed E-state index contributed by atoms with van der Waals surface area (Å²) in [7, 11) is 0. The largest absolute Gasteiger partial charge is 0.384 e. The summed E-state index contributed by atoms with van der Waals surface area (Å²) in [5.74, 6) is 0. The molecule has 4 nitrogen and oxygen atoms in total. The Hall–Kier alpha value is -1.26. The third-order valence-electron chi connectivity index (χ3n) is 1.99. The molecule has 0 spiro atoms. The molecule has 0 saturated heterocycles. The van der Waals surface area contributed by atoms with Gasteiger partial charge in [0.25, 0.3) is 0 Å². The third kappa shape index (κ3) is 5.00. The van der Waals surface area contributed by atoms with Crippen molar-refractivity contribution in [3.63, 3.8) is 0 Å². The van der Waals surface area contributed by atoms with Crippen LogP contribution in [0, 0.1) is 0 Å². The van der Waals surface area contributed by atoms with Crippen molar-refractivity contribution in [3.05, 3.63) is 24.3 Å². The standard InChI is InChI=1S/C11H16N4S/c12-5-6-13-7-8-14-10-1-3-11(4-2-10)15-9-16/h1-4,13-14H,5-8,12H2. The van der Waals surface area contributed by atoms with Crippen LogP contribution in [0.2, 0.25) is 0 Å². The molecule has 0 heterocycles. The first-order valence-corrected chi connectivity index (χ1v) is 5.60. The van der Waals surface area contributed by atoms with Gasteiger partial charge >= 0.3 is 0 Å². The van der Waals surface area contributed by atoms with Gasteiger partial charge in [-0.15, -0.1) is 0 Å². The normalized spacial score (nSPS) is 9.56. The molecule has 0 aliphatic carbocycles. The molecule has 0 unspecified atom stereocenters. The Morgan fingerprint density at radius 1 is 1.19 bits per heavy atom. The molecule has 0 saturated carbocycles. The number of hydrogen-bond acceptors (Lipinski definition) is 5. The monoisotopic (exact) mass is 236 g/mol. The average molecular weight is 236 g/mol. The minimum Gasteiger partial charge on any atom is -0.384 e. The Kier molecular flexibility index (Phi) is 6.37. The molecular formula is C11H16N4S. The van der Waals surface area contributed by atoms with E-state index in [4.69, 9.17) is 5.73 Å². The second kappa shape index (κ2) is 7.96. The zero-order chi connectivity index (χ0) is 11.6. The van der Waals surface area contributed by atoms with E-state index in [1.807, 2.05) is 24.3 Å². The van der Waals surface area contributed by atoms with E-state index in [1.165, 1.54) is 0 Å². The van der Waals surface area contributed by atoms with Gasteiger partial charge in [-0.3, -0.25) is 0 Å². The number of benzene rings is 1. The average Bonchev–Trinajstić information content (AvgIpc) is 2.31. The van der Waals surface area contributed by atoms with Crippen LogP contribution in [-0.4, -0.2) is 31.3 Å². The number of thiocarbonyl (C=S) groups is 1. The molecule has 16 heavy (non-hydrogen) atoms. The minimum absolute atomic E-state index is 0.671. The van der Waals surface area contributed by atoms with E-state index in [2.05, 4.69) is 33.0 Å². The Morgan fingerprint density at radius 3 is 2.56 bits per heavy atom. The van der Waals surface area contributed by atoms with Gasteiger partial charge in [0.05, 0.1) is 10.8 Å². The van der Waals surface area contributed by atoms with Crippen LogP contribution in [0.5, 0.6) is 0 Å². The molecule has 0 atom stereocenters. The SMILES string of the molecule is NCCNCCNc1ccc(N=C=S)cc1. The molecule has 0 aromatic heterocycles. The van der Waals surface area contributed by atoms with Gasteiger partial charge in [-0.25, -0.2) is 0 Å². The highest BCUT2D eigenvalue weighted by Crippen LogP contribution is 2.15. The minimum atomic E-state index is 0.671. The fraction of sp³-hybridized carbons (Fsp3) is 0.364. The van der Waals surface area contributed by atoms with E-state index in [0.717, 1.165) is 31.0 Å². The van der Waals surface area contributed by atoms with Crippen LogP contribution in [0.25, 0.3) is 0 Å². The van der Waals surface area contributed by atoms with E-state index in [9.17, 15) is 0 Å². The molecule has 86 valence electrons. The van der Waals surface area contributed by atoms with Crippen molar-refractivity contribution in [3.8, 4) is 0 Å². The van der Waals surface area contributed by atoms with Crippen LogP contribution in [0.15, 0.2) is 29.3 Å². The predicted molar refractivity (Wildman–Crippen MR) is 71.5 cm³/mol. The Balaban J connectivity index is 2.29. The maximum Gasteiger partial charge on any atom is 0.0741 e. The molecule has 1 aromatic carbocycles.